The highest BCUT2D eigenvalue weighted by Crippen LogP contribution is 2.28. The number of amides is 1. The highest BCUT2D eigenvalue weighted by molar-refractivity contribution is 5.78. The molecule has 0 atom stereocenters. The maximum atomic E-state index is 11.9. The second-order valence-corrected chi connectivity index (χ2v) is 3.58. The van der Waals surface area contributed by atoms with Crippen molar-refractivity contribution in [2.24, 2.45) is 5.92 Å². The van der Waals surface area contributed by atoms with E-state index in [0.29, 0.717) is 19.1 Å². The Morgan fingerprint density at radius 3 is 2.71 bits per heavy atom. The number of halogens is 2. The summed E-state index contributed by atoms with van der Waals surface area (Å²) in [5.74, 6) is -0.480. The van der Waals surface area contributed by atoms with Crippen LogP contribution in [0.2, 0.25) is 0 Å². The molecule has 0 saturated heterocycles. The van der Waals surface area contributed by atoms with Crippen molar-refractivity contribution in [2.75, 3.05) is 26.8 Å². The van der Waals surface area contributed by atoms with Gasteiger partial charge in [-0.3, -0.25) is 4.79 Å². The molecule has 0 aromatic rings. The van der Waals surface area contributed by atoms with Gasteiger partial charge in [-0.25, -0.2) is 0 Å². The zero-order valence-electron chi connectivity index (χ0n) is 8.21. The summed E-state index contributed by atoms with van der Waals surface area (Å²) in [5, 5.41) is 0. The van der Waals surface area contributed by atoms with Crippen LogP contribution in [0.15, 0.2) is 0 Å². The highest BCUT2D eigenvalue weighted by Gasteiger charge is 2.22. The van der Waals surface area contributed by atoms with Crippen LogP contribution in [0.25, 0.3) is 0 Å². The van der Waals surface area contributed by atoms with Crippen molar-refractivity contribution in [3.8, 4) is 0 Å². The summed E-state index contributed by atoms with van der Waals surface area (Å²) in [6.07, 6.45) is -0.513. The third-order valence-corrected chi connectivity index (χ3v) is 2.18. The van der Waals surface area contributed by atoms with Crippen molar-refractivity contribution in [2.45, 2.75) is 19.3 Å². The molecule has 0 aromatic heterocycles. The lowest BCUT2D eigenvalue weighted by atomic mass is 10.4. The van der Waals surface area contributed by atoms with E-state index in [0.717, 1.165) is 4.90 Å². The van der Waals surface area contributed by atoms with Crippen LogP contribution in [0.1, 0.15) is 12.8 Å². The molecule has 1 aliphatic carbocycles. The van der Waals surface area contributed by atoms with Crippen molar-refractivity contribution in [1.29, 1.82) is 0 Å². The highest BCUT2D eigenvalue weighted by atomic mass is 19.3. The molecule has 3 nitrogen and oxygen atoms in total. The van der Waals surface area contributed by atoms with E-state index in [4.69, 9.17) is 4.74 Å². The molecule has 1 amide bonds. The lowest BCUT2D eigenvalue weighted by Crippen LogP contribution is -2.34. The van der Waals surface area contributed by atoms with Crippen molar-refractivity contribution < 1.29 is 18.3 Å². The van der Waals surface area contributed by atoms with Crippen LogP contribution in [0, 0.1) is 5.92 Å². The summed E-state index contributed by atoms with van der Waals surface area (Å²) >= 11 is 0. The molecule has 0 aromatic carbocycles. The topological polar surface area (TPSA) is 29.5 Å². The number of carbonyl (C=O) groups is 1. The summed E-state index contributed by atoms with van der Waals surface area (Å²) < 4.78 is 29.0. The minimum Gasteiger partial charge on any atom is -0.379 e. The Kier molecular flexibility index (Phi) is 4.25. The minimum absolute atomic E-state index is 0.232. The third-order valence-electron chi connectivity index (χ3n) is 2.18. The number of nitrogens with zero attached hydrogens (tertiary/aromatic N) is 1. The van der Waals surface area contributed by atoms with E-state index in [2.05, 4.69) is 0 Å². The molecule has 82 valence electrons. The van der Waals surface area contributed by atoms with E-state index in [-0.39, 0.29) is 6.54 Å². The average molecular weight is 207 g/mol. The maximum absolute atomic E-state index is 11.9. The number of likely N-dealkylation sites (N-methyl/N-ethyl adjacent to an activating group) is 1. The largest absolute Gasteiger partial charge is 0.379 e. The first-order valence-corrected chi connectivity index (χ1v) is 4.72. The molecule has 1 fully saturated rings. The molecule has 0 heterocycles. The van der Waals surface area contributed by atoms with Crippen LogP contribution in [-0.4, -0.2) is 44.0 Å². The molecule has 1 rings (SSSR count). The summed E-state index contributed by atoms with van der Waals surface area (Å²) in [4.78, 5) is 11.7. The molecular weight excluding hydrogens is 192 g/mol. The van der Waals surface area contributed by atoms with Crippen LogP contribution in [-0.2, 0) is 9.53 Å². The van der Waals surface area contributed by atoms with Gasteiger partial charge in [-0.15, -0.1) is 0 Å². The van der Waals surface area contributed by atoms with Crippen LogP contribution in [0.5, 0.6) is 0 Å². The van der Waals surface area contributed by atoms with E-state index in [1.54, 1.807) is 0 Å². The quantitative estimate of drug-likeness (QED) is 0.611. The van der Waals surface area contributed by atoms with E-state index in [1.165, 1.54) is 19.9 Å². The molecule has 1 saturated carbocycles. The molecular formula is C9H15F2NO2. The smallest absolute Gasteiger partial charge is 0.315 e. The Morgan fingerprint density at radius 1 is 1.57 bits per heavy atom. The molecule has 0 radical (unpaired) electrons. The fourth-order valence-electron chi connectivity index (χ4n) is 1.01. The van der Waals surface area contributed by atoms with Crippen molar-refractivity contribution in [1.82, 2.24) is 4.90 Å². The van der Waals surface area contributed by atoms with E-state index in [1.807, 2.05) is 0 Å². The molecule has 0 bridgehead atoms. The summed E-state index contributed by atoms with van der Waals surface area (Å²) in [6.45, 7) is 1.26. The molecule has 5 heteroatoms. The first-order chi connectivity index (χ1) is 6.61. The van der Waals surface area contributed by atoms with Gasteiger partial charge < -0.3 is 9.64 Å². The van der Waals surface area contributed by atoms with Crippen LogP contribution >= 0.6 is 0 Å². The Morgan fingerprint density at radius 2 is 2.21 bits per heavy atom. The van der Waals surface area contributed by atoms with Crippen molar-refractivity contribution in [3.63, 3.8) is 0 Å². The van der Waals surface area contributed by atoms with Crippen molar-refractivity contribution in [3.05, 3.63) is 0 Å². The monoisotopic (exact) mass is 207 g/mol. The summed E-state index contributed by atoms with van der Waals surface area (Å²) in [6, 6.07) is 0. The number of carbonyl (C=O) groups excluding carboxylic acids is 1. The molecule has 0 unspecified atom stereocenters. The van der Waals surface area contributed by atoms with Crippen LogP contribution in [0.4, 0.5) is 8.78 Å². The van der Waals surface area contributed by atoms with Gasteiger partial charge in [-0.05, 0) is 18.8 Å². The van der Waals surface area contributed by atoms with Crippen LogP contribution < -0.4 is 0 Å². The van der Waals surface area contributed by atoms with Crippen molar-refractivity contribution >= 4 is 5.91 Å². The number of ether oxygens (including phenoxy) is 1. The molecule has 0 spiro atoms. The van der Waals surface area contributed by atoms with Gasteiger partial charge in [0.25, 0.3) is 5.91 Å². The lowest BCUT2D eigenvalue weighted by molar-refractivity contribution is -0.142. The Balaban J connectivity index is 2.01. The van der Waals surface area contributed by atoms with E-state index < -0.39 is 12.3 Å². The van der Waals surface area contributed by atoms with Gasteiger partial charge in [0.1, 0.15) is 0 Å². The zero-order chi connectivity index (χ0) is 10.6. The van der Waals surface area contributed by atoms with E-state index >= 15 is 0 Å². The second kappa shape index (κ2) is 5.24. The Hall–Kier alpha value is -0.710. The van der Waals surface area contributed by atoms with Gasteiger partial charge in [0.15, 0.2) is 0 Å². The molecule has 14 heavy (non-hydrogen) atoms. The van der Waals surface area contributed by atoms with Gasteiger partial charge in [0, 0.05) is 20.2 Å². The minimum atomic E-state index is -2.91. The number of alkyl halides is 2. The average Bonchev–Trinajstić information content (AvgIpc) is 2.94. The zero-order valence-corrected chi connectivity index (χ0v) is 8.21. The van der Waals surface area contributed by atoms with Gasteiger partial charge >= 0.3 is 6.43 Å². The lowest BCUT2D eigenvalue weighted by Gasteiger charge is -2.16. The number of hydrogen-bond acceptors (Lipinski definition) is 2. The Bertz CT molecular complexity index is 195. The molecule has 0 N–H and O–H groups in total. The van der Waals surface area contributed by atoms with E-state index in [9.17, 15) is 13.6 Å². The SMILES string of the molecule is CN(CCOCC1CC1)C(=O)C(F)F. The standard InChI is InChI=1S/C9H15F2NO2/c1-12(9(13)8(10)11)4-5-14-6-7-2-3-7/h7-8H,2-6H2,1H3. The molecule has 1 aliphatic rings. The van der Waals surface area contributed by atoms with Crippen LogP contribution in [0.3, 0.4) is 0 Å². The second-order valence-electron chi connectivity index (χ2n) is 3.58. The fraction of sp³-hybridized carbons (Fsp3) is 0.889. The first-order valence-electron chi connectivity index (χ1n) is 4.72. The Labute approximate surface area is 82.0 Å². The van der Waals surface area contributed by atoms with Gasteiger partial charge in [-0.2, -0.15) is 8.78 Å². The molecule has 0 aliphatic heterocycles. The first kappa shape index (κ1) is 11.4. The predicted molar refractivity (Wildman–Crippen MR) is 47.2 cm³/mol. The van der Waals surface area contributed by atoms with Gasteiger partial charge in [0.2, 0.25) is 0 Å². The summed E-state index contributed by atoms with van der Waals surface area (Å²) in [7, 11) is 1.36. The predicted octanol–water partition coefficient (Wildman–Crippen LogP) is 1.14. The summed E-state index contributed by atoms with van der Waals surface area (Å²) in [5.41, 5.74) is 0. The van der Waals surface area contributed by atoms with Gasteiger partial charge in [0.05, 0.1) is 6.61 Å². The number of hydrogen-bond donors (Lipinski definition) is 0. The third kappa shape index (κ3) is 4.00. The fourth-order valence-corrected chi connectivity index (χ4v) is 1.01. The maximum Gasteiger partial charge on any atom is 0.315 e. The van der Waals surface area contributed by atoms with Gasteiger partial charge in [-0.1, -0.05) is 0 Å². The number of rotatable bonds is 6. The normalized spacial score (nSPS) is 16.0.